The standard InChI is InChI=1S/C10H21N.C9H20N2.CH3.La/c1-11(2)9-5-8-10-6-3-4-7-10;1-8(2,3)10-7-11-9(4,5)6;;/h10H,3-9H2,1-2H3;7H2,1-6H3;1H3;/q;-2;-1;. The van der Waals surface area contributed by atoms with Gasteiger partial charge in [-0.1, -0.05) is 67.2 Å². The zero-order chi connectivity index (χ0) is 17.2. The summed E-state index contributed by atoms with van der Waals surface area (Å²) in [5.74, 6) is 1.08. The van der Waals surface area contributed by atoms with Gasteiger partial charge in [0.05, 0.1) is 0 Å². The molecule has 1 aliphatic rings. The molecule has 0 N–H and O–H groups in total. The molecule has 1 radical (unpaired) electrons. The summed E-state index contributed by atoms with van der Waals surface area (Å²) in [4.78, 5) is 2.29. The Hall–Kier alpha value is 1.07. The van der Waals surface area contributed by atoms with Crippen LogP contribution in [0.15, 0.2) is 0 Å². The van der Waals surface area contributed by atoms with Gasteiger partial charge in [0, 0.05) is 35.6 Å². The third-order valence-corrected chi connectivity index (χ3v) is 3.78. The van der Waals surface area contributed by atoms with Gasteiger partial charge in [0.2, 0.25) is 0 Å². The van der Waals surface area contributed by atoms with Gasteiger partial charge < -0.3 is 23.0 Å². The predicted molar refractivity (Wildman–Crippen MR) is 107 cm³/mol. The minimum absolute atomic E-state index is 0. The van der Waals surface area contributed by atoms with Gasteiger partial charge in [0.25, 0.3) is 0 Å². The van der Waals surface area contributed by atoms with Crippen molar-refractivity contribution in [2.75, 3.05) is 27.3 Å². The van der Waals surface area contributed by atoms with Crippen LogP contribution < -0.4 is 0 Å². The minimum atomic E-state index is 0. The van der Waals surface area contributed by atoms with Gasteiger partial charge in [-0.3, -0.25) is 6.67 Å². The van der Waals surface area contributed by atoms with Crippen molar-refractivity contribution in [2.24, 2.45) is 5.92 Å². The molecule has 0 saturated heterocycles. The Kier molecular flexibility index (Phi) is 18.8. The Balaban J connectivity index is -0.000000339. The summed E-state index contributed by atoms with van der Waals surface area (Å²) in [6.45, 7) is 14.4. The maximum Gasteiger partial charge on any atom is 0 e. The summed E-state index contributed by atoms with van der Waals surface area (Å²) in [5, 5.41) is 8.75. The van der Waals surface area contributed by atoms with Crippen molar-refractivity contribution in [3.05, 3.63) is 18.1 Å². The number of hydrogen-bond acceptors (Lipinski definition) is 1. The smallest absolute Gasteiger partial charge is 0 e. The van der Waals surface area contributed by atoms with Gasteiger partial charge in [0.1, 0.15) is 0 Å². The van der Waals surface area contributed by atoms with Crippen LogP contribution in [0.25, 0.3) is 10.6 Å². The van der Waals surface area contributed by atoms with Crippen molar-refractivity contribution in [1.29, 1.82) is 0 Å². The predicted octanol–water partition coefficient (Wildman–Crippen LogP) is 6.26. The van der Waals surface area contributed by atoms with Gasteiger partial charge in [-0.2, -0.15) is 0 Å². The van der Waals surface area contributed by atoms with Gasteiger partial charge >= 0.3 is 0 Å². The largest absolute Gasteiger partial charge is 0.676 e. The van der Waals surface area contributed by atoms with Crippen LogP contribution >= 0.6 is 0 Å². The Labute approximate surface area is 182 Å². The fourth-order valence-electron chi connectivity index (χ4n) is 2.45. The van der Waals surface area contributed by atoms with Crippen LogP contribution in [-0.2, 0) is 0 Å². The molecule has 3 nitrogen and oxygen atoms in total. The first-order chi connectivity index (χ1) is 9.99. The van der Waals surface area contributed by atoms with Crippen LogP contribution in [0.1, 0.15) is 80.1 Å². The minimum Gasteiger partial charge on any atom is -0.676 e. The molecule has 1 fully saturated rings. The van der Waals surface area contributed by atoms with E-state index >= 15 is 0 Å². The molecule has 0 atom stereocenters. The number of rotatable bonds is 6. The molecule has 0 spiro atoms. The summed E-state index contributed by atoms with van der Waals surface area (Å²) >= 11 is 0. The number of hydrogen-bond donors (Lipinski definition) is 0. The average molecular weight is 465 g/mol. The van der Waals surface area contributed by atoms with E-state index in [-0.39, 0.29) is 54.1 Å². The summed E-state index contributed by atoms with van der Waals surface area (Å²) < 4.78 is 0. The van der Waals surface area contributed by atoms with E-state index in [1.807, 2.05) is 0 Å². The van der Waals surface area contributed by atoms with Crippen molar-refractivity contribution in [3.8, 4) is 0 Å². The monoisotopic (exact) mass is 465 g/mol. The maximum absolute atomic E-state index is 4.38. The van der Waals surface area contributed by atoms with Crippen LogP contribution in [0.4, 0.5) is 0 Å². The van der Waals surface area contributed by atoms with Crippen molar-refractivity contribution in [2.45, 2.75) is 91.1 Å². The quantitative estimate of drug-likeness (QED) is 0.426. The van der Waals surface area contributed by atoms with E-state index in [4.69, 9.17) is 0 Å². The van der Waals surface area contributed by atoms with Crippen LogP contribution in [0.2, 0.25) is 0 Å². The second-order valence-corrected chi connectivity index (χ2v) is 8.90. The molecular formula is C20H44LaN3-3. The molecule has 1 rings (SSSR count). The third-order valence-electron chi connectivity index (χ3n) is 3.78. The van der Waals surface area contributed by atoms with Crippen LogP contribution in [-0.4, -0.2) is 43.3 Å². The molecule has 0 aromatic rings. The summed E-state index contributed by atoms with van der Waals surface area (Å²) in [6.07, 6.45) is 8.87. The molecule has 145 valence electrons. The van der Waals surface area contributed by atoms with Gasteiger partial charge in [0.15, 0.2) is 0 Å². The molecular weight excluding hydrogens is 421 g/mol. The van der Waals surface area contributed by atoms with E-state index in [0.717, 1.165) is 5.92 Å². The molecule has 1 saturated carbocycles. The number of nitrogens with zero attached hydrogens (tertiary/aromatic N) is 3. The van der Waals surface area contributed by atoms with E-state index in [0.29, 0.717) is 6.67 Å². The van der Waals surface area contributed by atoms with Crippen LogP contribution in [0, 0.1) is 48.9 Å². The maximum atomic E-state index is 4.38. The molecule has 1 aliphatic carbocycles. The normalized spacial score (nSPS) is 15.4. The van der Waals surface area contributed by atoms with Crippen molar-refractivity contribution in [1.82, 2.24) is 4.90 Å². The van der Waals surface area contributed by atoms with Crippen LogP contribution in [0.5, 0.6) is 0 Å². The molecule has 0 aromatic heterocycles. The second-order valence-electron chi connectivity index (χ2n) is 8.90. The van der Waals surface area contributed by atoms with E-state index in [2.05, 4.69) is 71.2 Å². The van der Waals surface area contributed by atoms with Crippen LogP contribution in [0.3, 0.4) is 0 Å². The Morgan fingerprint density at radius 1 is 0.875 bits per heavy atom. The van der Waals surface area contributed by atoms with Crippen molar-refractivity contribution >= 4 is 0 Å². The van der Waals surface area contributed by atoms with E-state index in [9.17, 15) is 0 Å². The summed E-state index contributed by atoms with van der Waals surface area (Å²) in [6, 6.07) is 0. The first-order valence-electron chi connectivity index (χ1n) is 9.02. The first kappa shape index (κ1) is 29.8. The summed E-state index contributed by atoms with van der Waals surface area (Å²) in [7, 11) is 4.32. The van der Waals surface area contributed by atoms with Gasteiger partial charge in [-0.15, -0.1) is 11.1 Å². The second kappa shape index (κ2) is 15.2. The van der Waals surface area contributed by atoms with E-state index in [1.54, 1.807) is 0 Å². The zero-order valence-corrected chi connectivity index (χ0v) is 21.8. The van der Waals surface area contributed by atoms with E-state index in [1.165, 1.54) is 45.1 Å². The molecule has 0 aromatic carbocycles. The molecule has 0 heterocycles. The Morgan fingerprint density at radius 3 is 1.62 bits per heavy atom. The molecule has 0 amide bonds. The average Bonchev–Trinajstić information content (AvgIpc) is 2.78. The van der Waals surface area contributed by atoms with Gasteiger partial charge in [-0.05, 0) is 39.4 Å². The Bertz CT molecular complexity index is 247. The van der Waals surface area contributed by atoms with E-state index < -0.39 is 0 Å². The SMILES string of the molecule is CC(C)(C)[N-]C[N-]C(C)(C)C.CN(C)CCCC1CCCC1.[CH3-].[La]. The molecule has 0 unspecified atom stereocenters. The van der Waals surface area contributed by atoms with Gasteiger partial charge in [-0.25, -0.2) is 0 Å². The third kappa shape index (κ3) is 23.1. The van der Waals surface area contributed by atoms with Crippen molar-refractivity contribution in [3.63, 3.8) is 0 Å². The molecule has 24 heavy (non-hydrogen) atoms. The molecule has 0 bridgehead atoms. The molecule has 4 heteroatoms. The fourth-order valence-corrected chi connectivity index (χ4v) is 2.45. The first-order valence-corrected chi connectivity index (χ1v) is 9.02. The Morgan fingerprint density at radius 2 is 1.29 bits per heavy atom. The molecule has 0 aliphatic heterocycles. The fraction of sp³-hybridized carbons (Fsp3) is 0.950. The topological polar surface area (TPSA) is 31.4 Å². The summed E-state index contributed by atoms with van der Waals surface area (Å²) in [5.41, 5.74) is 0.101. The zero-order valence-electron chi connectivity index (χ0n) is 18.2. The van der Waals surface area contributed by atoms with Crippen molar-refractivity contribution < 1.29 is 35.6 Å².